The van der Waals surface area contributed by atoms with E-state index < -0.39 is 26.5 Å². The van der Waals surface area contributed by atoms with Gasteiger partial charge in [-0.2, -0.15) is 0 Å². The van der Waals surface area contributed by atoms with Gasteiger partial charge >= 0.3 is 19.8 Å². The number of hydrogen-bond donors (Lipinski definition) is 2. The van der Waals surface area contributed by atoms with Crippen molar-refractivity contribution in [1.29, 1.82) is 0 Å². The highest BCUT2D eigenvalue weighted by atomic mass is 31.2. The molecule has 0 radical (unpaired) electrons. The van der Waals surface area contributed by atoms with Gasteiger partial charge in [0.15, 0.2) is 6.10 Å². The first kappa shape index (κ1) is 63.2. The van der Waals surface area contributed by atoms with Crippen molar-refractivity contribution in [3.8, 4) is 0 Å². The third-order valence-corrected chi connectivity index (χ3v) is 13.0. The number of phosphoric acid groups is 1. The Bertz CT molecular complexity index is 1160. The normalized spacial score (nSPS) is 13.4. The Hall–Kier alpha value is -1.77. The average Bonchev–Trinajstić information content (AvgIpc) is 3.30. The number of phosphoric ester groups is 1. The standard InChI is InChI=1S/C55H104NO8P/c1-3-5-7-9-11-13-15-16-17-18-19-20-21-22-23-24-25-26-27-28-29-30-31-32-33-34-35-36-38-40-42-44-46-48-55(58)64-53(52-63-65(59,60)62-50-49-56)51-61-54(57)47-45-43-41-39-37-14-12-10-8-6-4-2/h10,12,15-16,18-19,53H,3-9,11,13-14,17,20-52,56H2,1-2H3,(H,59,60)/b12-10-,16-15-,19-18-. The molecule has 2 atom stereocenters. The summed E-state index contributed by atoms with van der Waals surface area (Å²) in [5.74, 6) is -0.830. The Kier molecular flexibility index (Phi) is 50.2. The van der Waals surface area contributed by atoms with Crippen LogP contribution in [0.1, 0.15) is 271 Å². The largest absolute Gasteiger partial charge is 0.472 e. The summed E-state index contributed by atoms with van der Waals surface area (Å²) in [5, 5.41) is 0. The summed E-state index contributed by atoms with van der Waals surface area (Å²) in [5.41, 5.74) is 5.36. The zero-order valence-corrected chi connectivity index (χ0v) is 43.4. The molecule has 0 amide bonds. The Balaban J connectivity index is 3.81. The van der Waals surface area contributed by atoms with Crippen LogP contribution in [0.4, 0.5) is 0 Å². The van der Waals surface area contributed by atoms with Crippen LogP contribution in [0.15, 0.2) is 36.5 Å². The Labute approximate surface area is 401 Å². The summed E-state index contributed by atoms with van der Waals surface area (Å²) in [6.45, 7) is 3.70. The monoisotopic (exact) mass is 938 g/mol. The number of ether oxygens (including phenoxy) is 2. The van der Waals surface area contributed by atoms with Gasteiger partial charge in [-0.3, -0.25) is 18.6 Å². The van der Waals surface area contributed by atoms with Crippen LogP contribution < -0.4 is 5.73 Å². The number of carbonyl (C=O) groups excluding carboxylic acids is 2. The van der Waals surface area contributed by atoms with Crippen molar-refractivity contribution in [2.24, 2.45) is 5.73 Å². The number of allylic oxidation sites excluding steroid dienone is 6. The Morgan fingerprint density at radius 1 is 0.462 bits per heavy atom. The fourth-order valence-corrected chi connectivity index (χ4v) is 8.65. The molecule has 2 unspecified atom stereocenters. The fraction of sp³-hybridized carbons (Fsp3) is 0.855. The fourth-order valence-electron chi connectivity index (χ4n) is 7.88. The quantitative estimate of drug-likeness (QED) is 0.0264. The van der Waals surface area contributed by atoms with E-state index >= 15 is 0 Å². The molecule has 65 heavy (non-hydrogen) atoms. The first-order valence-electron chi connectivity index (χ1n) is 27.5. The van der Waals surface area contributed by atoms with Gasteiger partial charge < -0.3 is 20.1 Å². The molecular formula is C55H104NO8P. The van der Waals surface area contributed by atoms with E-state index in [9.17, 15) is 19.0 Å². The Morgan fingerprint density at radius 2 is 0.815 bits per heavy atom. The number of carbonyl (C=O) groups is 2. The molecule has 0 rings (SSSR count). The van der Waals surface area contributed by atoms with Crippen molar-refractivity contribution < 1.29 is 37.6 Å². The van der Waals surface area contributed by atoms with Crippen molar-refractivity contribution in [3.63, 3.8) is 0 Å². The van der Waals surface area contributed by atoms with E-state index in [0.717, 1.165) is 64.2 Å². The summed E-state index contributed by atoms with van der Waals surface area (Å²) < 4.78 is 32.9. The van der Waals surface area contributed by atoms with E-state index in [1.807, 2.05) is 0 Å². The van der Waals surface area contributed by atoms with Crippen LogP contribution in [-0.2, 0) is 32.7 Å². The molecule has 0 aliphatic rings. The van der Waals surface area contributed by atoms with Crippen LogP contribution >= 0.6 is 7.82 Å². The third kappa shape index (κ3) is 51.5. The van der Waals surface area contributed by atoms with Crippen molar-refractivity contribution >= 4 is 19.8 Å². The number of unbranched alkanes of at least 4 members (excludes halogenated alkanes) is 33. The van der Waals surface area contributed by atoms with E-state index in [1.165, 1.54) is 173 Å². The average molecular weight is 938 g/mol. The molecular weight excluding hydrogens is 834 g/mol. The second kappa shape index (κ2) is 51.6. The maximum absolute atomic E-state index is 12.6. The number of esters is 2. The lowest BCUT2D eigenvalue weighted by molar-refractivity contribution is -0.161. The first-order valence-corrected chi connectivity index (χ1v) is 29.0. The molecule has 0 spiro atoms. The zero-order chi connectivity index (χ0) is 47.4. The SMILES string of the molecule is CCCC/C=C\CCCCCCCC(=O)OCC(COP(=O)(O)OCCN)OC(=O)CCCCCCCCCCCCCCCCCCCCCCC/C=C\C/C=C\CCCCCCC. The second-order valence-corrected chi connectivity index (χ2v) is 19.9. The highest BCUT2D eigenvalue weighted by Gasteiger charge is 2.26. The van der Waals surface area contributed by atoms with E-state index in [2.05, 4.69) is 50.3 Å². The zero-order valence-electron chi connectivity index (χ0n) is 42.5. The molecule has 0 aromatic carbocycles. The van der Waals surface area contributed by atoms with Crippen molar-refractivity contribution in [1.82, 2.24) is 0 Å². The molecule has 3 N–H and O–H groups in total. The van der Waals surface area contributed by atoms with Crippen molar-refractivity contribution in [2.75, 3.05) is 26.4 Å². The number of rotatable bonds is 52. The lowest BCUT2D eigenvalue weighted by atomic mass is 10.0. The van der Waals surface area contributed by atoms with Crippen molar-refractivity contribution in [3.05, 3.63) is 36.5 Å². The molecule has 0 saturated carbocycles. The second-order valence-electron chi connectivity index (χ2n) is 18.4. The van der Waals surface area contributed by atoms with Crippen LogP contribution in [0.3, 0.4) is 0 Å². The number of hydrogen-bond acceptors (Lipinski definition) is 8. The van der Waals surface area contributed by atoms with E-state index in [4.69, 9.17) is 24.3 Å². The molecule has 0 fully saturated rings. The van der Waals surface area contributed by atoms with Gasteiger partial charge in [-0.1, -0.05) is 230 Å². The van der Waals surface area contributed by atoms with E-state index in [1.54, 1.807) is 0 Å². The predicted octanol–water partition coefficient (Wildman–Crippen LogP) is 16.8. The number of nitrogens with two attached hydrogens (primary N) is 1. The highest BCUT2D eigenvalue weighted by Crippen LogP contribution is 2.43. The van der Waals surface area contributed by atoms with Crippen LogP contribution in [0.2, 0.25) is 0 Å². The van der Waals surface area contributed by atoms with E-state index in [0.29, 0.717) is 6.42 Å². The van der Waals surface area contributed by atoms with Gasteiger partial charge in [0.2, 0.25) is 0 Å². The molecule has 0 heterocycles. The lowest BCUT2D eigenvalue weighted by Crippen LogP contribution is -2.29. The van der Waals surface area contributed by atoms with Crippen LogP contribution in [0.5, 0.6) is 0 Å². The third-order valence-electron chi connectivity index (χ3n) is 12.0. The molecule has 0 saturated heterocycles. The molecule has 382 valence electrons. The minimum Gasteiger partial charge on any atom is -0.462 e. The summed E-state index contributed by atoms with van der Waals surface area (Å²) in [4.78, 5) is 35.0. The predicted molar refractivity (Wildman–Crippen MR) is 275 cm³/mol. The van der Waals surface area contributed by atoms with Gasteiger partial charge in [-0.15, -0.1) is 0 Å². The van der Waals surface area contributed by atoms with Crippen LogP contribution in [-0.4, -0.2) is 49.3 Å². The van der Waals surface area contributed by atoms with Gasteiger partial charge in [0.25, 0.3) is 0 Å². The molecule has 0 bridgehead atoms. The molecule has 9 nitrogen and oxygen atoms in total. The molecule has 10 heteroatoms. The minimum absolute atomic E-state index is 0.0537. The van der Waals surface area contributed by atoms with Gasteiger partial charge in [0.1, 0.15) is 6.61 Å². The molecule has 0 aromatic heterocycles. The summed E-state index contributed by atoms with van der Waals surface area (Å²) >= 11 is 0. The Morgan fingerprint density at radius 3 is 1.23 bits per heavy atom. The van der Waals surface area contributed by atoms with Crippen molar-refractivity contribution in [2.45, 2.75) is 277 Å². The summed E-state index contributed by atoms with van der Waals surface area (Å²) in [7, 11) is -4.38. The minimum atomic E-state index is -4.38. The van der Waals surface area contributed by atoms with Crippen LogP contribution in [0.25, 0.3) is 0 Å². The molecule has 0 aliphatic carbocycles. The maximum Gasteiger partial charge on any atom is 0.472 e. The maximum atomic E-state index is 12.6. The van der Waals surface area contributed by atoms with Gasteiger partial charge in [-0.25, -0.2) is 4.57 Å². The molecule has 0 aliphatic heterocycles. The lowest BCUT2D eigenvalue weighted by Gasteiger charge is -2.19. The van der Waals surface area contributed by atoms with Gasteiger partial charge in [0, 0.05) is 19.4 Å². The smallest absolute Gasteiger partial charge is 0.462 e. The van der Waals surface area contributed by atoms with Crippen LogP contribution in [0, 0.1) is 0 Å². The summed E-state index contributed by atoms with van der Waals surface area (Å²) in [6, 6.07) is 0. The van der Waals surface area contributed by atoms with Gasteiger partial charge in [-0.05, 0) is 64.2 Å². The first-order chi connectivity index (χ1) is 31.8. The summed E-state index contributed by atoms with van der Waals surface area (Å²) in [6.07, 6.45) is 60.8. The van der Waals surface area contributed by atoms with Gasteiger partial charge in [0.05, 0.1) is 13.2 Å². The topological polar surface area (TPSA) is 134 Å². The van der Waals surface area contributed by atoms with E-state index in [-0.39, 0.29) is 38.6 Å². The molecule has 0 aromatic rings. The highest BCUT2D eigenvalue weighted by molar-refractivity contribution is 7.47.